The average molecular weight is 136 g/mol. The minimum absolute atomic E-state index is 0.963. The lowest BCUT2D eigenvalue weighted by Gasteiger charge is -2.04. The predicted molar refractivity (Wildman–Crippen MR) is 43.1 cm³/mol. The van der Waals surface area contributed by atoms with E-state index in [1.807, 2.05) is 19.2 Å². The summed E-state index contributed by atoms with van der Waals surface area (Å²) in [6.07, 6.45) is 3.66. The first-order chi connectivity index (χ1) is 4.84. The van der Waals surface area contributed by atoms with Crippen molar-refractivity contribution in [2.45, 2.75) is 13.8 Å². The standard InChI is InChI=1S/C8H12N2/c1-3-10-8-4-5-9-6-7(8)2/h4-6H,3H2,1-2H3,(H,9,10). The van der Waals surface area contributed by atoms with Gasteiger partial charge in [-0.05, 0) is 25.5 Å². The van der Waals surface area contributed by atoms with E-state index >= 15 is 0 Å². The number of anilines is 1. The van der Waals surface area contributed by atoms with Crippen LogP contribution in [0.15, 0.2) is 18.5 Å². The third-order valence-electron chi connectivity index (χ3n) is 1.39. The third-order valence-corrected chi connectivity index (χ3v) is 1.39. The Morgan fingerprint density at radius 2 is 2.40 bits per heavy atom. The van der Waals surface area contributed by atoms with Crippen molar-refractivity contribution in [1.29, 1.82) is 0 Å². The molecule has 0 aromatic carbocycles. The van der Waals surface area contributed by atoms with Gasteiger partial charge in [-0.3, -0.25) is 4.98 Å². The molecule has 0 unspecified atom stereocenters. The van der Waals surface area contributed by atoms with Gasteiger partial charge in [0.25, 0.3) is 0 Å². The maximum atomic E-state index is 3.99. The molecule has 0 bridgehead atoms. The highest BCUT2D eigenvalue weighted by atomic mass is 14.9. The van der Waals surface area contributed by atoms with Crippen LogP contribution in [0, 0.1) is 6.92 Å². The fourth-order valence-corrected chi connectivity index (χ4v) is 0.862. The molecule has 2 heteroatoms. The van der Waals surface area contributed by atoms with Crippen LogP contribution in [0.25, 0.3) is 0 Å². The first kappa shape index (κ1) is 7.06. The molecule has 1 aromatic rings. The number of nitrogens with one attached hydrogen (secondary N) is 1. The Labute approximate surface area is 61.3 Å². The van der Waals surface area contributed by atoms with Gasteiger partial charge in [-0.25, -0.2) is 0 Å². The largest absolute Gasteiger partial charge is 0.385 e. The first-order valence-corrected chi connectivity index (χ1v) is 3.49. The van der Waals surface area contributed by atoms with E-state index in [4.69, 9.17) is 0 Å². The lowest BCUT2D eigenvalue weighted by Crippen LogP contribution is -1.98. The molecule has 0 spiro atoms. The van der Waals surface area contributed by atoms with E-state index in [2.05, 4.69) is 17.2 Å². The molecule has 1 N–H and O–H groups in total. The average Bonchev–Trinajstić information content (AvgIpc) is 1.94. The summed E-state index contributed by atoms with van der Waals surface area (Å²) in [6, 6.07) is 1.98. The van der Waals surface area contributed by atoms with E-state index in [0.29, 0.717) is 0 Å². The molecule has 0 saturated heterocycles. The summed E-state index contributed by atoms with van der Waals surface area (Å²) in [4.78, 5) is 3.99. The van der Waals surface area contributed by atoms with Crippen LogP contribution in [-0.2, 0) is 0 Å². The molecule has 10 heavy (non-hydrogen) atoms. The maximum absolute atomic E-state index is 3.99. The van der Waals surface area contributed by atoms with Gasteiger partial charge >= 0.3 is 0 Å². The molecule has 1 heterocycles. The summed E-state index contributed by atoms with van der Waals surface area (Å²) < 4.78 is 0. The van der Waals surface area contributed by atoms with Crippen molar-refractivity contribution < 1.29 is 0 Å². The zero-order chi connectivity index (χ0) is 7.40. The van der Waals surface area contributed by atoms with Crippen LogP contribution < -0.4 is 5.32 Å². The molecule has 0 aliphatic carbocycles. The molecule has 0 aliphatic heterocycles. The second kappa shape index (κ2) is 3.20. The lowest BCUT2D eigenvalue weighted by atomic mass is 10.2. The molecule has 0 amide bonds. The quantitative estimate of drug-likeness (QED) is 0.670. The van der Waals surface area contributed by atoms with Gasteiger partial charge in [0.1, 0.15) is 0 Å². The maximum Gasteiger partial charge on any atom is 0.0400 e. The summed E-state index contributed by atoms with van der Waals surface area (Å²) in [6.45, 7) is 5.09. The van der Waals surface area contributed by atoms with Crippen LogP contribution in [-0.4, -0.2) is 11.5 Å². The summed E-state index contributed by atoms with van der Waals surface area (Å²) in [5.74, 6) is 0. The van der Waals surface area contributed by atoms with Gasteiger partial charge in [0.15, 0.2) is 0 Å². The highest BCUT2D eigenvalue weighted by molar-refractivity contribution is 5.48. The van der Waals surface area contributed by atoms with Crippen molar-refractivity contribution in [3.8, 4) is 0 Å². The molecule has 54 valence electrons. The zero-order valence-corrected chi connectivity index (χ0v) is 6.39. The minimum atomic E-state index is 0.963. The van der Waals surface area contributed by atoms with E-state index < -0.39 is 0 Å². The Morgan fingerprint density at radius 3 is 3.00 bits per heavy atom. The van der Waals surface area contributed by atoms with Crippen molar-refractivity contribution in [3.05, 3.63) is 24.0 Å². The van der Waals surface area contributed by atoms with E-state index in [0.717, 1.165) is 6.54 Å². The van der Waals surface area contributed by atoms with E-state index in [1.165, 1.54) is 11.3 Å². The van der Waals surface area contributed by atoms with Gasteiger partial charge in [-0.2, -0.15) is 0 Å². The van der Waals surface area contributed by atoms with Gasteiger partial charge in [-0.15, -0.1) is 0 Å². The smallest absolute Gasteiger partial charge is 0.0400 e. The Bertz CT molecular complexity index is 208. The molecule has 0 aliphatic rings. The summed E-state index contributed by atoms with van der Waals surface area (Å²) in [5.41, 5.74) is 2.38. The van der Waals surface area contributed by atoms with Gasteiger partial charge < -0.3 is 5.32 Å². The van der Waals surface area contributed by atoms with Crippen LogP contribution in [0.3, 0.4) is 0 Å². The van der Waals surface area contributed by atoms with Crippen molar-refractivity contribution in [2.24, 2.45) is 0 Å². The van der Waals surface area contributed by atoms with Crippen molar-refractivity contribution in [2.75, 3.05) is 11.9 Å². The number of aryl methyl sites for hydroxylation is 1. The van der Waals surface area contributed by atoms with Crippen molar-refractivity contribution in [1.82, 2.24) is 4.98 Å². The fourth-order valence-electron chi connectivity index (χ4n) is 0.862. The zero-order valence-electron chi connectivity index (χ0n) is 6.39. The monoisotopic (exact) mass is 136 g/mol. The SMILES string of the molecule is CCNc1ccncc1C. The second-order valence-electron chi connectivity index (χ2n) is 2.22. The molecular formula is C8H12N2. The van der Waals surface area contributed by atoms with Gasteiger partial charge in [-0.1, -0.05) is 0 Å². The Morgan fingerprint density at radius 1 is 1.60 bits per heavy atom. The molecule has 1 aromatic heterocycles. The topological polar surface area (TPSA) is 24.9 Å². The number of aromatic nitrogens is 1. The number of rotatable bonds is 2. The van der Waals surface area contributed by atoms with Gasteiger partial charge in [0, 0.05) is 24.6 Å². The molecule has 0 radical (unpaired) electrons. The third kappa shape index (κ3) is 1.47. The molecule has 0 atom stereocenters. The molecule has 1 rings (SSSR count). The molecule has 0 fully saturated rings. The normalized spacial score (nSPS) is 9.40. The number of pyridine rings is 1. The van der Waals surface area contributed by atoms with Crippen LogP contribution in [0.2, 0.25) is 0 Å². The van der Waals surface area contributed by atoms with Crippen LogP contribution in [0.4, 0.5) is 5.69 Å². The van der Waals surface area contributed by atoms with Crippen molar-refractivity contribution >= 4 is 5.69 Å². The van der Waals surface area contributed by atoms with Crippen LogP contribution >= 0.6 is 0 Å². The minimum Gasteiger partial charge on any atom is -0.385 e. The van der Waals surface area contributed by atoms with E-state index in [1.54, 1.807) is 6.20 Å². The summed E-state index contributed by atoms with van der Waals surface area (Å²) >= 11 is 0. The Balaban J connectivity index is 2.81. The van der Waals surface area contributed by atoms with Crippen LogP contribution in [0.5, 0.6) is 0 Å². The van der Waals surface area contributed by atoms with Crippen molar-refractivity contribution in [3.63, 3.8) is 0 Å². The molecular weight excluding hydrogens is 124 g/mol. The van der Waals surface area contributed by atoms with Gasteiger partial charge in [0.05, 0.1) is 0 Å². The summed E-state index contributed by atoms with van der Waals surface area (Å²) in [5, 5.41) is 3.24. The number of hydrogen-bond acceptors (Lipinski definition) is 2. The number of nitrogens with zero attached hydrogens (tertiary/aromatic N) is 1. The summed E-state index contributed by atoms with van der Waals surface area (Å²) in [7, 11) is 0. The molecule has 0 saturated carbocycles. The van der Waals surface area contributed by atoms with E-state index in [9.17, 15) is 0 Å². The second-order valence-corrected chi connectivity index (χ2v) is 2.22. The first-order valence-electron chi connectivity index (χ1n) is 3.49. The lowest BCUT2D eigenvalue weighted by molar-refractivity contribution is 1.17. The Hall–Kier alpha value is -1.05. The molecule has 2 nitrogen and oxygen atoms in total. The van der Waals surface area contributed by atoms with Crippen LogP contribution in [0.1, 0.15) is 12.5 Å². The van der Waals surface area contributed by atoms with E-state index in [-0.39, 0.29) is 0 Å². The number of hydrogen-bond donors (Lipinski definition) is 1. The Kier molecular flexibility index (Phi) is 2.26. The predicted octanol–water partition coefficient (Wildman–Crippen LogP) is 1.82. The fraction of sp³-hybridized carbons (Fsp3) is 0.375. The highest BCUT2D eigenvalue weighted by Crippen LogP contribution is 2.10. The van der Waals surface area contributed by atoms with Gasteiger partial charge in [0.2, 0.25) is 0 Å². The highest BCUT2D eigenvalue weighted by Gasteiger charge is 1.91.